The number of rotatable bonds is 1. The summed E-state index contributed by atoms with van der Waals surface area (Å²) < 4.78 is 0. The molecule has 0 aliphatic rings. The van der Waals surface area contributed by atoms with Gasteiger partial charge in [0.1, 0.15) is 5.40 Å². The third-order valence-electron chi connectivity index (χ3n) is 1.75. The average Bonchev–Trinajstić information content (AvgIpc) is 2.58. The lowest BCUT2D eigenvalue weighted by atomic mass is 10.2. The molecule has 0 aliphatic carbocycles. The second-order valence-electron chi connectivity index (χ2n) is 2.51. The fourth-order valence-corrected chi connectivity index (χ4v) is 1.70. The summed E-state index contributed by atoms with van der Waals surface area (Å²) in [5.41, 5.74) is 7.14. The van der Waals surface area contributed by atoms with Crippen LogP contribution in [0.3, 0.4) is 0 Å². The van der Waals surface area contributed by atoms with Crippen molar-refractivity contribution >= 4 is 28.4 Å². The number of nitrogens with one attached hydrogen (secondary N) is 1. The van der Waals surface area contributed by atoms with Gasteiger partial charge < -0.3 is 5.73 Å². The van der Waals surface area contributed by atoms with Gasteiger partial charge in [0.2, 0.25) is 0 Å². The van der Waals surface area contributed by atoms with Gasteiger partial charge in [0.05, 0.1) is 16.6 Å². The molecule has 0 spiro atoms. The van der Waals surface area contributed by atoms with E-state index in [0.29, 0.717) is 5.69 Å². The molecule has 13 heavy (non-hydrogen) atoms. The number of anilines is 1. The third kappa shape index (κ3) is 1.21. The summed E-state index contributed by atoms with van der Waals surface area (Å²) in [6, 6.07) is 3.65. The number of nitriles is 1. The molecule has 1 heterocycles. The van der Waals surface area contributed by atoms with Crippen LogP contribution in [0.25, 0.3) is 10.9 Å². The van der Waals surface area contributed by atoms with Gasteiger partial charge in [-0.1, -0.05) is 0 Å². The first-order valence-corrected chi connectivity index (χ1v) is 4.42. The Morgan fingerprint density at radius 3 is 3.15 bits per heavy atom. The minimum atomic E-state index is 0.600. The summed E-state index contributed by atoms with van der Waals surface area (Å²) in [5, 5.41) is 18.2. The van der Waals surface area contributed by atoms with Crippen LogP contribution in [0.4, 0.5) is 5.69 Å². The number of hydrogen-bond acceptors (Lipinski definition) is 4. The largest absolute Gasteiger partial charge is 0.398 e. The predicted molar refractivity (Wildman–Crippen MR) is 52.0 cm³/mol. The summed E-state index contributed by atoms with van der Waals surface area (Å²) in [4.78, 5) is 0.748. The molecule has 1 aromatic carbocycles. The number of thiocyanates is 1. The molecule has 64 valence electrons. The molecule has 0 fully saturated rings. The Morgan fingerprint density at radius 2 is 2.38 bits per heavy atom. The van der Waals surface area contributed by atoms with Crippen molar-refractivity contribution in [2.75, 3.05) is 5.73 Å². The van der Waals surface area contributed by atoms with Gasteiger partial charge in [-0.2, -0.15) is 10.4 Å². The van der Waals surface area contributed by atoms with Crippen LogP contribution >= 0.6 is 11.8 Å². The maximum Gasteiger partial charge on any atom is 0.138 e. The molecule has 0 unspecified atom stereocenters. The Hall–Kier alpha value is -1.67. The number of hydrogen-bond donors (Lipinski definition) is 2. The summed E-state index contributed by atoms with van der Waals surface area (Å²) in [7, 11) is 0. The van der Waals surface area contributed by atoms with E-state index in [1.54, 1.807) is 12.3 Å². The zero-order valence-electron chi connectivity index (χ0n) is 6.61. The van der Waals surface area contributed by atoms with Crippen molar-refractivity contribution in [2.45, 2.75) is 4.90 Å². The lowest BCUT2D eigenvalue weighted by molar-refractivity contribution is 1.11. The van der Waals surface area contributed by atoms with Gasteiger partial charge in [0.25, 0.3) is 0 Å². The van der Waals surface area contributed by atoms with E-state index >= 15 is 0 Å². The van der Waals surface area contributed by atoms with Crippen molar-refractivity contribution in [1.82, 2.24) is 10.2 Å². The molecular weight excluding hydrogens is 184 g/mol. The first-order chi connectivity index (χ1) is 6.33. The highest BCUT2D eigenvalue weighted by Gasteiger charge is 2.06. The van der Waals surface area contributed by atoms with Crippen molar-refractivity contribution in [3.8, 4) is 5.40 Å². The number of aromatic amines is 1. The molecule has 2 rings (SSSR count). The Bertz CT molecular complexity index is 482. The summed E-state index contributed by atoms with van der Waals surface area (Å²) in [6.07, 6.45) is 1.70. The summed E-state index contributed by atoms with van der Waals surface area (Å²) in [6.45, 7) is 0. The molecule has 0 saturated heterocycles. The number of H-pyrrole nitrogens is 1. The number of benzene rings is 1. The van der Waals surface area contributed by atoms with Crippen LogP contribution in [0.5, 0.6) is 0 Å². The van der Waals surface area contributed by atoms with E-state index in [4.69, 9.17) is 11.0 Å². The van der Waals surface area contributed by atoms with E-state index in [1.807, 2.05) is 11.5 Å². The van der Waals surface area contributed by atoms with Crippen LogP contribution < -0.4 is 5.73 Å². The Labute approximate surface area is 78.7 Å². The number of thioether (sulfide) groups is 1. The standard InChI is InChI=1S/C8H6N4S/c9-4-13-8-6(10)2-1-5-3-11-12-7(5)8/h1-3H,10H2,(H,11,12). The zero-order valence-corrected chi connectivity index (χ0v) is 7.43. The molecule has 0 radical (unpaired) electrons. The van der Waals surface area contributed by atoms with Crippen molar-refractivity contribution in [3.05, 3.63) is 18.3 Å². The molecule has 0 saturated carbocycles. The van der Waals surface area contributed by atoms with Gasteiger partial charge >= 0.3 is 0 Å². The molecule has 2 aromatic rings. The highest BCUT2D eigenvalue weighted by molar-refractivity contribution is 8.04. The van der Waals surface area contributed by atoms with Gasteiger partial charge in [-0.3, -0.25) is 5.10 Å². The van der Waals surface area contributed by atoms with Crippen LogP contribution in [0.2, 0.25) is 0 Å². The number of nitrogens with zero attached hydrogens (tertiary/aromatic N) is 2. The lowest BCUT2D eigenvalue weighted by Crippen LogP contribution is -1.88. The number of nitrogen functional groups attached to an aromatic ring is 1. The van der Waals surface area contributed by atoms with Crippen molar-refractivity contribution in [2.24, 2.45) is 0 Å². The minimum Gasteiger partial charge on any atom is -0.398 e. The molecule has 5 heteroatoms. The van der Waals surface area contributed by atoms with E-state index in [-0.39, 0.29) is 0 Å². The van der Waals surface area contributed by atoms with Gasteiger partial charge in [0, 0.05) is 11.1 Å². The fourth-order valence-electron chi connectivity index (χ4n) is 1.16. The van der Waals surface area contributed by atoms with Crippen LogP contribution in [0.1, 0.15) is 0 Å². The normalized spacial score (nSPS) is 10.1. The molecule has 0 amide bonds. The van der Waals surface area contributed by atoms with E-state index in [0.717, 1.165) is 27.6 Å². The van der Waals surface area contributed by atoms with E-state index in [2.05, 4.69) is 10.2 Å². The molecule has 0 atom stereocenters. The molecule has 4 nitrogen and oxygen atoms in total. The summed E-state index contributed by atoms with van der Waals surface area (Å²) >= 11 is 1.05. The van der Waals surface area contributed by atoms with Crippen LogP contribution in [-0.2, 0) is 0 Å². The predicted octanol–water partition coefficient (Wildman–Crippen LogP) is 1.72. The van der Waals surface area contributed by atoms with Crippen molar-refractivity contribution in [1.29, 1.82) is 5.26 Å². The smallest absolute Gasteiger partial charge is 0.138 e. The topological polar surface area (TPSA) is 78.5 Å². The van der Waals surface area contributed by atoms with Crippen LogP contribution in [0.15, 0.2) is 23.2 Å². The second-order valence-corrected chi connectivity index (χ2v) is 3.31. The fraction of sp³-hybridized carbons (Fsp3) is 0. The van der Waals surface area contributed by atoms with Crippen LogP contribution in [0, 0.1) is 10.7 Å². The Morgan fingerprint density at radius 1 is 1.54 bits per heavy atom. The first-order valence-electron chi connectivity index (χ1n) is 3.60. The monoisotopic (exact) mass is 190 g/mol. The van der Waals surface area contributed by atoms with E-state index < -0.39 is 0 Å². The van der Waals surface area contributed by atoms with Crippen LogP contribution in [-0.4, -0.2) is 10.2 Å². The lowest BCUT2D eigenvalue weighted by Gasteiger charge is -2.00. The van der Waals surface area contributed by atoms with Gasteiger partial charge in [-0.05, 0) is 23.9 Å². The van der Waals surface area contributed by atoms with Gasteiger partial charge in [0.15, 0.2) is 0 Å². The number of fused-ring (bicyclic) bond motifs is 1. The maximum absolute atomic E-state index is 8.56. The second kappa shape index (κ2) is 2.99. The molecular formula is C8H6N4S. The van der Waals surface area contributed by atoms with E-state index in [9.17, 15) is 0 Å². The maximum atomic E-state index is 8.56. The first kappa shape index (κ1) is 7.95. The Balaban J connectivity index is 2.74. The average molecular weight is 190 g/mol. The highest BCUT2D eigenvalue weighted by atomic mass is 32.2. The SMILES string of the molecule is N#CSc1c(N)ccc2cn[nH]c12. The summed E-state index contributed by atoms with van der Waals surface area (Å²) in [5.74, 6) is 0. The molecule has 0 aliphatic heterocycles. The van der Waals surface area contributed by atoms with Gasteiger partial charge in [-0.25, -0.2) is 0 Å². The molecule has 3 N–H and O–H groups in total. The van der Waals surface area contributed by atoms with Gasteiger partial charge in [-0.15, -0.1) is 0 Å². The quantitative estimate of drug-likeness (QED) is 0.407. The van der Waals surface area contributed by atoms with Crippen molar-refractivity contribution < 1.29 is 0 Å². The molecule has 0 bridgehead atoms. The minimum absolute atomic E-state index is 0.600. The van der Waals surface area contributed by atoms with E-state index in [1.165, 1.54) is 0 Å². The zero-order chi connectivity index (χ0) is 9.26. The highest BCUT2D eigenvalue weighted by Crippen LogP contribution is 2.30. The Kier molecular flexibility index (Phi) is 1.83. The molecule has 1 aromatic heterocycles. The van der Waals surface area contributed by atoms with Crippen molar-refractivity contribution in [3.63, 3.8) is 0 Å². The third-order valence-corrected chi connectivity index (χ3v) is 2.48. The number of aromatic nitrogens is 2. The number of nitrogens with two attached hydrogens (primary N) is 1.